The van der Waals surface area contributed by atoms with Crippen LogP contribution < -0.4 is 14.8 Å². The first-order chi connectivity index (χ1) is 10.0. The van der Waals surface area contributed by atoms with E-state index in [4.69, 9.17) is 21.1 Å². The molecule has 3 N–H and O–H groups in total. The van der Waals surface area contributed by atoms with E-state index in [0.717, 1.165) is 5.56 Å². The van der Waals surface area contributed by atoms with Gasteiger partial charge in [0.25, 0.3) is 0 Å². The summed E-state index contributed by atoms with van der Waals surface area (Å²) in [7, 11) is 0. The molecule has 1 aliphatic rings. The molecule has 0 aromatic heterocycles. The summed E-state index contributed by atoms with van der Waals surface area (Å²) in [6.07, 6.45) is 0. The number of fused-ring (bicyclic) bond motifs is 1. The van der Waals surface area contributed by atoms with Gasteiger partial charge in [-0.1, -0.05) is 11.6 Å². The molecular formula is C15H14ClNO4. The molecule has 0 radical (unpaired) electrons. The molecule has 6 heteroatoms. The van der Waals surface area contributed by atoms with Crippen LogP contribution in [0.25, 0.3) is 0 Å². The molecule has 0 saturated heterocycles. The number of hydrogen-bond acceptors (Lipinski definition) is 5. The van der Waals surface area contributed by atoms with Crippen LogP contribution in [0.1, 0.15) is 18.5 Å². The van der Waals surface area contributed by atoms with Crippen molar-refractivity contribution in [1.29, 1.82) is 0 Å². The molecule has 21 heavy (non-hydrogen) atoms. The van der Waals surface area contributed by atoms with Crippen molar-refractivity contribution in [2.75, 3.05) is 12.1 Å². The molecule has 0 saturated carbocycles. The molecule has 1 atom stereocenters. The molecule has 2 aromatic rings. The third-order valence-electron chi connectivity index (χ3n) is 3.26. The van der Waals surface area contributed by atoms with Crippen LogP contribution in [0.3, 0.4) is 0 Å². The SMILES string of the molecule is CC(Nc1cc2c(cc1Cl)OCO2)c1cc(O)cc(O)c1. The predicted molar refractivity (Wildman–Crippen MR) is 79.4 cm³/mol. The maximum atomic E-state index is 9.54. The highest BCUT2D eigenvalue weighted by molar-refractivity contribution is 6.33. The van der Waals surface area contributed by atoms with Gasteiger partial charge >= 0.3 is 0 Å². The van der Waals surface area contributed by atoms with Crippen LogP contribution in [0.4, 0.5) is 5.69 Å². The molecule has 1 unspecified atom stereocenters. The zero-order valence-corrected chi connectivity index (χ0v) is 12.0. The van der Waals surface area contributed by atoms with E-state index in [1.165, 1.54) is 6.07 Å². The Balaban J connectivity index is 1.86. The Kier molecular flexibility index (Phi) is 3.43. The van der Waals surface area contributed by atoms with Gasteiger partial charge in [-0.3, -0.25) is 0 Å². The molecule has 0 bridgehead atoms. The van der Waals surface area contributed by atoms with Gasteiger partial charge in [0.15, 0.2) is 11.5 Å². The number of anilines is 1. The van der Waals surface area contributed by atoms with Gasteiger partial charge in [0.05, 0.1) is 10.7 Å². The molecule has 0 spiro atoms. The number of aromatic hydroxyl groups is 2. The predicted octanol–water partition coefficient (Wildman–Crippen LogP) is 3.65. The summed E-state index contributed by atoms with van der Waals surface area (Å²) < 4.78 is 10.6. The summed E-state index contributed by atoms with van der Waals surface area (Å²) >= 11 is 6.21. The first-order valence-electron chi connectivity index (χ1n) is 6.41. The highest BCUT2D eigenvalue weighted by Gasteiger charge is 2.18. The summed E-state index contributed by atoms with van der Waals surface area (Å²) in [6, 6.07) is 7.74. The lowest BCUT2D eigenvalue weighted by atomic mass is 10.1. The van der Waals surface area contributed by atoms with Crippen LogP contribution in [-0.2, 0) is 0 Å². The third-order valence-corrected chi connectivity index (χ3v) is 3.57. The number of benzene rings is 2. The average molecular weight is 308 g/mol. The monoisotopic (exact) mass is 307 g/mol. The Bertz CT molecular complexity index is 669. The second kappa shape index (κ2) is 5.26. The van der Waals surface area contributed by atoms with E-state index in [1.807, 2.05) is 6.92 Å². The minimum atomic E-state index is -0.166. The zero-order valence-electron chi connectivity index (χ0n) is 11.3. The number of halogens is 1. The third kappa shape index (κ3) is 2.78. The van der Waals surface area contributed by atoms with Crippen molar-refractivity contribution in [2.45, 2.75) is 13.0 Å². The minimum Gasteiger partial charge on any atom is -0.508 e. The van der Waals surface area contributed by atoms with E-state index < -0.39 is 0 Å². The van der Waals surface area contributed by atoms with Crippen LogP contribution in [-0.4, -0.2) is 17.0 Å². The highest BCUT2D eigenvalue weighted by Crippen LogP contribution is 2.40. The Labute approximate surface area is 126 Å². The molecule has 0 fully saturated rings. The van der Waals surface area contributed by atoms with Crippen molar-refractivity contribution in [3.63, 3.8) is 0 Å². The fourth-order valence-corrected chi connectivity index (χ4v) is 2.42. The number of rotatable bonds is 3. The van der Waals surface area contributed by atoms with Gasteiger partial charge in [-0.05, 0) is 24.6 Å². The van der Waals surface area contributed by atoms with Crippen LogP contribution in [0.15, 0.2) is 30.3 Å². The van der Waals surface area contributed by atoms with Gasteiger partial charge in [0.2, 0.25) is 6.79 Å². The number of nitrogens with one attached hydrogen (secondary N) is 1. The molecule has 1 heterocycles. The highest BCUT2D eigenvalue weighted by atomic mass is 35.5. The second-order valence-electron chi connectivity index (χ2n) is 4.83. The lowest BCUT2D eigenvalue weighted by Crippen LogP contribution is -2.07. The summed E-state index contributed by atoms with van der Waals surface area (Å²) in [5, 5.41) is 22.8. The molecule has 0 amide bonds. The van der Waals surface area contributed by atoms with Gasteiger partial charge in [-0.25, -0.2) is 0 Å². The Morgan fingerprint density at radius 2 is 1.67 bits per heavy atom. The second-order valence-corrected chi connectivity index (χ2v) is 5.24. The van der Waals surface area contributed by atoms with E-state index in [1.54, 1.807) is 24.3 Å². The average Bonchev–Trinajstić information content (AvgIpc) is 2.85. The van der Waals surface area contributed by atoms with Crippen molar-refractivity contribution in [1.82, 2.24) is 0 Å². The topological polar surface area (TPSA) is 71.0 Å². The molecule has 5 nitrogen and oxygen atoms in total. The maximum absolute atomic E-state index is 9.54. The summed E-state index contributed by atoms with van der Waals surface area (Å²) in [5.74, 6) is 1.27. The van der Waals surface area contributed by atoms with Crippen LogP contribution >= 0.6 is 11.6 Å². The van der Waals surface area contributed by atoms with E-state index in [-0.39, 0.29) is 24.3 Å². The Morgan fingerprint density at radius 1 is 1.05 bits per heavy atom. The molecule has 3 rings (SSSR count). The maximum Gasteiger partial charge on any atom is 0.231 e. The van der Waals surface area contributed by atoms with Crippen molar-refractivity contribution in [3.05, 3.63) is 40.9 Å². The number of ether oxygens (including phenoxy) is 2. The molecule has 2 aromatic carbocycles. The smallest absolute Gasteiger partial charge is 0.231 e. The minimum absolute atomic E-state index is 0.00966. The Hall–Kier alpha value is -2.27. The van der Waals surface area contributed by atoms with Gasteiger partial charge < -0.3 is 25.0 Å². The lowest BCUT2D eigenvalue weighted by molar-refractivity contribution is 0.174. The fourth-order valence-electron chi connectivity index (χ4n) is 2.21. The van der Waals surface area contributed by atoms with Crippen molar-refractivity contribution in [3.8, 4) is 23.0 Å². The van der Waals surface area contributed by atoms with Gasteiger partial charge in [-0.15, -0.1) is 0 Å². The van der Waals surface area contributed by atoms with E-state index in [0.29, 0.717) is 22.2 Å². The fraction of sp³-hybridized carbons (Fsp3) is 0.200. The lowest BCUT2D eigenvalue weighted by Gasteiger charge is -2.17. The van der Waals surface area contributed by atoms with Crippen LogP contribution in [0.2, 0.25) is 5.02 Å². The first-order valence-corrected chi connectivity index (χ1v) is 6.79. The molecular weight excluding hydrogens is 294 g/mol. The quantitative estimate of drug-likeness (QED) is 0.807. The molecule has 110 valence electrons. The number of hydrogen-bond donors (Lipinski definition) is 3. The van der Waals surface area contributed by atoms with E-state index in [9.17, 15) is 10.2 Å². The van der Waals surface area contributed by atoms with Crippen LogP contribution in [0, 0.1) is 0 Å². The zero-order chi connectivity index (χ0) is 15.0. The largest absolute Gasteiger partial charge is 0.508 e. The summed E-state index contributed by atoms with van der Waals surface area (Å²) in [5.41, 5.74) is 1.43. The molecule has 1 aliphatic heterocycles. The first kappa shape index (κ1) is 13.7. The van der Waals surface area contributed by atoms with E-state index >= 15 is 0 Å². The normalized spacial score (nSPS) is 14.0. The summed E-state index contributed by atoms with van der Waals surface area (Å²) in [6.45, 7) is 2.08. The van der Waals surface area contributed by atoms with Crippen molar-refractivity contribution in [2.24, 2.45) is 0 Å². The van der Waals surface area contributed by atoms with Crippen molar-refractivity contribution < 1.29 is 19.7 Å². The Morgan fingerprint density at radius 3 is 2.33 bits per heavy atom. The van der Waals surface area contributed by atoms with Gasteiger partial charge in [0, 0.05) is 24.2 Å². The molecule has 0 aliphatic carbocycles. The number of phenols is 2. The van der Waals surface area contributed by atoms with Gasteiger partial charge in [-0.2, -0.15) is 0 Å². The van der Waals surface area contributed by atoms with Crippen LogP contribution in [0.5, 0.6) is 23.0 Å². The van der Waals surface area contributed by atoms with E-state index in [2.05, 4.69) is 5.32 Å². The van der Waals surface area contributed by atoms with Gasteiger partial charge in [0.1, 0.15) is 11.5 Å². The standard InChI is InChI=1S/C15H14ClNO4/c1-8(9-2-10(18)4-11(19)3-9)17-13-6-15-14(5-12(13)16)20-7-21-15/h2-6,8,17-19H,7H2,1H3. The number of phenolic OH excluding ortho intramolecular Hbond substituents is 2. The summed E-state index contributed by atoms with van der Waals surface area (Å²) in [4.78, 5) is 0. The van der Waals surface area contributed by atoms with Crippen molar-refractivity contribution >= 4 is 17.3 Å².